The van der Waals surface area contributed by atoms with E-state index in [1.807, 2.05) is 24.3 Å². The zero-order chi connectivity index (χ0) is 21.4. The summed E-state index contributed by atoms with van der Waals surface area (Å²) in [4.78, 5) is 6.82. The van der Waals surface area contributed by atoms with Gasteiger partial charge in [0, 0.05) is 17.8 Å². The predicted molar refractivity (Wildman–Crippen MR) is 124 cm³/mol. The van der Waals surface area contributed by atoms with Gasteiger partial charge in [-0.15, -0.1) is 0 Å². The number of nitrogens with one attached hydrogen (secondary N) is 1. The second kappa shape index (κ2) is 8.03. The standard InChI is InChI=1S/C24H26N4OS/c1-6-28-17(5)20(21(25-24(28)30)19-12-9-15(3)16(4)13-19)23-26-22(27-29-23)18-10-7-14(2)8-11-18/h7-13,21H,6H2,1-5H3,(H,25,30). The van der Waals surface area contributed by atoms with E-state index in [2.05, 4.69) is 68.2 Å². The predicted octanol–water partition coefficient (Wildman–Crippen LogP) is 5.34. The molecular formula is C24H26N4OS. The lowest BCUT2D eigenvalue weighted by Crippen LogP contribution is -2.45. The Balaban J connectivity index is 1.82. The molecule has 1 aromatic heterocycles. The summed E-state index contributed by atoms with van der Waals surface area (Å²) in [5.74, 6) is 1.10. The van der Waals surface area contributed by atoms with Gasteiger partial charge >= 0.3 is 0 Å². The van der Waals surface area contributed by atoms with E-state index in [4.69, 9.17) is 21.7 Å². The summed E-state index contributed by atoms with van der Waals surface area (Å²) < 4.78 is 5.76. The van der Waals surface area contributed by atoms with Gasteiger partial charge in [0.1, 0.15) is 0 Å². The van der Waals surface area contributed by atoms with Crippen LogP contribution in [0.5, 0.6) is 0 Å². The maximum absolute atomic E-state index is 5.76. The van der Waals surface area contributed by atoms with Crippen LogP contribution in [0.1, 0.15) is 48.0 Å². The van der Waals surface area contributed by atoms with Crippen molar-refractivity contribution in [2.45, 2.75) is 40.7 Å². The summed E-state index contributed by atoms with van der Waals surface area (Å²) in [6, 6.07) is 14.4. The highest BCUT2D eigenvalue weighted by Gasteiger charge is 2.33. The van der Waals surface area contributed by atoms with Crippen molar-refractivity contribution in [3.63, 3.8) is 0 Å². The number of hydrogen-bond donors (Lipinski definition) is 1. The topological polar surface area (TPSA) is 54.2 Å². The first-order valence-corrected chi connectivity index (χ1v) is 10.6. The highest BCUT2D eigenvalue weighted by molar-refractivity contribution is 7.80. The average molecular weight is 419 g/mol. The van der Waals surface area contributed by atoms with Crippen LogP contribution in [0.15, 0.2) is 52.7 Å². The Hall–Kier alpha value is -2.99. The van der Waals surface area contributed by atoms with Gasteiger partial charge in [-0.3, -0.25) is 0 Å². The Morgan fingerprint density at radius 3 is 2.43 bits per heavy atom. The largest absolute Gasteiger partial charge is 0.351 e. The average Bonchev–Trinajstić information content (AvgIpc) is 3.20. The lowest BCUT2D eigenvalue weighted by atomic mass is 9.92. The molecule has 6 heteroatoms. The molecule has 0 bridgehead atoms. The molecule has 1 unspecified atom stereocenters. The van der Waals surface area contributed by atoms with Gasteiger partial charge in [-0.05, 0) is 63.5 Å². The minimum absolute atomic E-state index is 0.147. The molecule has 0 saturated carbocycles. The molecule has 1 aliphatic rings. The Morgan fingerprint density at radius 2 is 1.77 bits per heavy atom. The fourth-order valence-electron chi connectivity index (χ4n) is 3.79. The van der Waals surface area contributed by atoms with Crippen molar-refractivity contribution >= 4 is 22.9 Å². The van der Waals surface area contributed by atoms with Crippen molar-refractivity contribution in [3.05, 3.63) is 76.3 Å². The molecule has 0 fully saturated rings. The summed E-state index contributed by atoms with van der Waals surface area (Å²) >= 11 is 5.65. The number of benzene rings is 2. The monoisotopic (exact) mass is 418 g/mol. The molecule has 0 saturated heterocycles. The molecule has 0 aliphatic carbocycles. The third-order valence-electron chi connectivity index (χ3n) is 5.74. The highest BCUT2D eigenvalue weighted by Crippen LogP contribution is 2.37. The van der Waals surface area contributed by atoms with E-state index >= 15 is 0 Å². The van der Waals surface area contributed by atoms with Crippen LogP contribution in [0.25, 0.3) is 17.0 Å². The normalized spacial score (nSPS) is 16.8. The molecule has 5 nitrogen and oxygen atoms in total. The maximum Gasteiger partial charge on any atom is 0.258 e. The Bertz CT molecular complexity index is 1130. The van der Waals surface area contributed by atoms with Gasteiger partial charge in [0.05, 0.1) is 11.6 Å². The number of rotatable bonds is 4. The zero-order valence-electron chi connectivity index (χ0n) is 18.0. The van der Waals surface area contributed by atoms with Crippen molar-refractivity contribution in [3.8, 4) is 11.4 Å². The summed E-state index contributed by atoms with van der Waals surface area (Å²) in [7, 11) is 0. The van der Waals surface area contributed by atoms with Crippen LogP contribution in [0.2, 0.25) is 0 Å². The Morgan fingerprint density at radius 1 is 1.03 bits per heavy atom. The molecule has 2 aromatic carbocycles. The quantitative estimate of drug-likeness (QED) is 0.577. The van der Waals surface area contributed by atoms with E-state index in [0.29, 0.717) is 16.8 Å². The van der Waals surface area contributed by atoms with Gasteiger partial charge < -0.3 is 14.7 Å². The number of nitrogens with zero attached hydrogens (tertiary/aromatic N) is 3. The summed E-state index contributed by atoms with van der Waals surface area (Å²) in [6.45, 7) is 11.2. The van der Waals surface area contributed by atoms with E-state index in [1.165, 1.54) is 16.7 Å². The number of hydrogen-bond acceptors (Lipinski definition) is 4. The summed E-state index contributed by atoms with van der Waals surface area (Å²) in [5, 5.41) is 8.45. The fourth-order valence-corrected chi connectivity index (χ4v) is 4.17. The number of thiocarbonyl (C=S) groups is 1. The van der Waals surface area contributed by atoms with Gasteiger partial charge in [-0.2, -0.15) is 4.98 Å². The van der Waals surface area contributed by atoms with Crippen molar-refractivity contribution < 1.29 is 4.52 Å². The van der Waals surface area contributed by atoms with E-state index in [9.17, 15) is 0 Å². The second-order valence-electron chi connectivity index (χ2n) is 7.76. The van der Waals surface area contributed by atoms with Gasteiger partial charge in [0.25, 0.3) is 5.89 Å². The smallest absolute Gasteiger partial charge is 0.258 e. The van der Waals surface area contributed by atoms with Gasteiger partial charge in [-0.25, -0.2) is 0 Å². The molecule has 2 heterocycles. The second-order valence-corrected chi connectivity index (χ2v) is 8.15. The van der Waals surface area contributed by atoms with Crippen molar-refractivity contribution in [1.82, 2.24) is 20.4 Å². The third-order valence-corrected chi connectivity index (χ3v) is 6.08. The molecule has 0 radical (unpaired) electrons. The molecule has 0 amide bonds. The zero-order valence-corrected chi connectivity index (χ0v) is 18.8. The van der Waals surface area contributed by atoms with Gasteiger partial charge in [-0.1, -0.05) is 53.2 Å². The van der Waals surface area contributed by atoms with Crippen molar-refractivity contribution in [2.24, 2.45) is 0 Å². The van der Waals surface area contributed by atoms with Crippen LogP contribution in [0.3, 0.4) is 0 Å². The van der Waals surface area contributed by atoms with E-state index in [1.54, 1.807) is 0 Å². The minimum atomic E-state index is -0.147. The van der Waals surface area contributed by atoms with E-state index in [-0.39, 0.29) is 6.04 Å². The van der Waals surface area contributed by atoms with Gasteiger partial charge in [0.2, 0.25) is 5.82 Å². The summed E-state index contributed by atoms with van der Waals surface area (Å²) in [6.07, 6.45) is 0. The van der Waals surface area contributed by atoms with Crippen LogP contribution in [-0.2, 0) is 0 Å². The molecule has 1 N–H and O–H groups in total. The van der Waals surface area contributed by atoms with Crippen LogP contribution < -0.4 is 5.32 Å². The SMILES string of the molecule is CCN1C(=S)NC(c2ccc(C)c(C)c2)C(c2nc(-c3ccc(C)cc3)no2)=C1C. The number of aromatic nitrogens is 2. The Labute approximate surface area is 182 Å². The summed E-state index contributed by atoms with van der Waals surface area (Å²) in [5.41, 5.74) is 7.74. The molecule has 1 atom stereocenters. The van der Waals surface area contributed by atoms with Crippen LogP contribution in [0.4, 0.5) is 0 Å². The molecule has 0 spiro atoms. The van der Waals surface area contributed by atoms with E-state index < -0.39 is 0 Å². The van der Waals surface area contributed by atoms with E-state index in [0.717, 1.165) is 28.9 Å². The molecule has 4 rings (SSSR count). The van der Waals surface area contributed by atoms with Crippen LogP contribution in [0, 0.1) is 20.8 Å². The van der Waals surface area contributed by atoms with Crippen molar-refractivity contribution in [1.29, 1.82) is 0 Å². The molecular weight excluding hydrogens is 392 g/mol. The first-order valence-electron chi connectivity index (χ1n) is 10.2. The molecule has 30 heavy (non-hydrogen) atoms. The van der Waals surface area contributed by atoms with Crippen LogP contribution >= 0.6 is 12.2 Å². The first-order chi connectivity index (χ1) is 14.4. The lowest BCUT2D eigenvalue weighted by Gasteiger charge is -2.36. The van der Waals surface area contributed by atoms with Crippen molar-refractivity contribution in [2.75, 3.05) is 6.54 Å². The molecule has 3 aromatic rings. The number of allylic oxidation sites excluding steroid dienone is 1. The third kappa shape index (κ3) is 3.63. The van der Waals surface area contributed by atoms with Crippen LogP contribution in [-0.4, -0.2) is 26.7 Å². The maximum atomic E-state index is 5.76. The van der Waals surface area contributed by atoms with Gasteiger partial charge in [0.15, 0.2) is 5.11 Å². The first kappa shape index (κ1) is 20.3. The minimum Gasteiger partial charge on any atom is -0.351 e. The molecule has 1 aliphatic heterocycles. The Kier molecular flexibility index (Phi) is 5.43. The lowest BCUT2D eigenvalue weighted by molar-refractivity contribution is 0.398. The highest BCUT2D eigenvalue weighted by atomic mass is 32.1. The fraction of sp³-hybridized carbons (Fsp3) is 0.292. The number of aryl methyl sites for hydroxylation is 3. The molecule has 154 valence electrons.